The van der Waals surface area contributed by atoms with Gasteiger partial charge in [0, 0.05) is 5.92 Å². The van der Waals surface area contributed by atoms with Gasteiger partial charge in [0.05, 0.1) is 17.4 Å². The molecule has 2 aliphatic heterocycles. The van der Waals surface area contributed by atoms with Crippen molar-refractivity contribution in [2.24, 2.45) is 17.3 Å². The van der Waals surface area contributed by atoms with Gasteiger partial charge < -0.3 is 9.47 Å². The Morgan fingerprint density at radius 2 is 2.00 bits per heavy atom. The Balaban J connectivity index is 2.25. The van der Waals surface area contributed by atoms with Crippen molar-refractivity contribution in [3.8, 4) is 0 Å². The predicted molar refractivity (Wildman–Crippen MR) is 65.6 cm³/mol. The van der Waals surface area contributed by atoms with Crippen LogP contribution in [-0.2, 0) is 19.1 Å². The second kappa shape index (κ2) is 3.92. The summed E-state index contributed by atoms with van der Waals surface area (Å²) in [7, 11) is 0. The van der Waals surface area contributed by atoms with Crippen LogP contribution in [0.2, 0.25) is 0 Å². The first-order valence-corrected chi connectivity index (χ1v) is 6.32. The lowest BCUT2D eigenvalue weighted by molar-refractivity contribution is -0.250. The first-order chi connectivity index (χ1) is 8.17. The number of rotatable bonds is 1. The maximum atomic E-state index is 12.1. The fraction of sp³-hybridized carbons (Fsp3) is 0.714. The van der Waals surface area contributed by atoms with Crippen LogP contribution in [-0.4, -0.2) is 23.6 Å². The zero-order valence-electron chi connectivity index (χ0n) is 11.5. The van der Waals surface area contributed by atoms with Crippen LogP contribution in [0.3, 0.4) is 0 Å². The van der Waals surface area contributed by atoms with Crippen molar-refractivity contribution in [3.63, 3.8) is 0 Å². The Hall–Kier alpha value is -1.16. The van der Waals surface area contributed by atoms with E-state index >= 15 is 0 Å². The van der Waals surface area contributed by atoms with Crippen LogP contribution in [0.5, 0.6) is 0 Å². The number of ketones is 1. The van der Waals surface area contributed by atoms with Crippen LogP contribution in [0.1, 0.15) is 34.6 Å². The third kappa shape index (κ3) is 1.88. The molecule has 1 saturated heterocycles. The molecule has 2 heterocycles. The Bertz CT molecular complexity index is 418. The van der Waals surface area contributed by atoms with Gasteiger partial charge in [-0.1, -0.05) is 13.0 Å². The molecule has 0 saturated carbocycles. The summed E-state index contributed by atoms with van der Waals surface area (Å²) in [6.45, 7) is 8.93. The molecule has 0 aromatic rings. The minimum Gasteiger partial charge on any atom is -0.428 e. The predicted octanol–water partition coefficient (Wildman–Crippen LogP) is 2.08. The molecule has 4 nitrogen and oxygen atoms in total. The quantitative estimate of drug-likeness (QED) is 0.529. The third-order valence-electron chi connectivity index (χ3n) is 3.67. The number of fused-ring (bicyclic) bond motifs is 2. The molecule has 18 heavy (non-hydrogen) atoms. The Morgan fingerprint density at radius 3 is 2.56 bits per heavy atom. The largest absolute Gasteiger partial charge is 0.428 e. The van der Waals surface area contributed by atoms with E-state index in [1.807, 2.05) is 13.0 Å². The highest BCUT2D eigenvalue weighted by Gasteiger charge is 2.55. The number of Topliss-reactive ketones (excluding diaryl/α,β-unsaturated/α-hetero) is 1. The van der Waals surface area contributed by atoms with Crippen molar-refractivity contribution in [1.29, 1.82) is 0 Å². The van der Waals surface area contributed by atoms with Crippen molar-refractivity contribution in [3.05, 3.63) is 12.2 Å². The number of ether oxygens (including phenoxy) is 2. The second-order valence-electron chi connectivity index (χ2n) is 6.22. The van der Waals surface area contributed by atoms with Gasteiger partial charge in [-0.2, -0.15) is 0 Å². The average molecular weight is 252 g/mol. The molecular weight excluding hydrogens is 232 g/mol. The summed E-state index contributed by atoms with van der Waals surface area (Å²) >= 11 is 0. The van der Waals surface area contributed by atoms with Gasteiger partial charge in [-0.15, -0.1) is 0 Å². The number of carbonyl (C=O) groups is 2. The first kappa shape index (κ1) is 13.3. The van der Waals surface area contributed by atoms with Crippen molar-refractivity contribution >= 4 is 11.8 Å². The minimum absolute atomic E-state index is 0.0814. The molecule has 2 aliphatic rings. The van der Waals surface area contributed by atoms with E-state index in [0.29, 0.717) is 0 Å². The van der Waals surface area contributed by atoms with E-state index in [1.165, 1.54) is 0 Å². The van der Waals surface area contributed by atoms with Crippen molar-refractivity contribution < 1.29 is 19.1 Å². The Labute approximate surface area is 107 Å². The van der Waals surface area contributed by atoms with Crippen molar-refractivity contribution in [1.82, 2.24) is 0 Å². The van der Waals surface area contributed by atoms with Gasteiger partial charge >= 0.3 is 5.97 Å². The topological polar surface area (TPSA) is 52.6 Å². The average Bonchev–Trinajstić information content (AvgIpc) is 2.66. The summed E-state index contributed by atoms with van der Waals surface area (Å²) in [5.74, 6) is -2.12. The van der Waals surface area contributed by atoms with Crippen molar-refractivity contribution in [2.75, 3.05) is 0 Å². The lowest BCUT2D eigenvalue weighted by Gasteiger charge is -2.40. The van der Waals surface area contributed by atoms with E-state index in [0.717, 1.165) is 0 Å². The summed E-state index contributed by atoms with van der Waals surface area (Å²) in [6, 6.07) is 0. The monoisotopic (exact) mass is 252 g/mol. The Morgan fingerprint density at radius 1 is 1.39 bits per heavy atom. The van der Waals surface area contributed by atoms with E-state index in [-0.39, 0.29) is 23.8 Å². The molecule has 2 rings (SSSR count). The number of carbonyl (C=O) groups excluding carboxylic acids is 2. The van der Waals surface area contributed by atoms with E-state index in [9.17, 15) is 9.59 Å². The van der Waals surface area contributed by atoms with E-state index in [2.05, 4.69) is 0 Å². The van der Waals surface area contributed by atoms with Gasteiger partial charge in [0.25, 0.3) is 0 Å². The second-order valence-corrected chi connectivity index (χ2v) is 6.22. The standard InChI is InChI=1S/C14H20O4/c1-8-10-6-7-14(17-10,9(2)11(8)15)18-12(16)13(3,4)5/h6-10H,1-5H3/t8-,9-,10+,14+/m1/s1. The van der Waals surface area contributed by atoms with Crippen LogP contribution in [0.4, 0.5) is 0 Å². The number of hydrogen-bond acceptors (Lipinski definition) is 4. The molecule has 1 fully saturated rings. The number of esters is 1. The molecule has 0 amide bonds. The maximum absolute atomic E-state index is 12.1. The molecule has 0 unspecified atom stereocenters. The molecule has 4 heteroatoms. The van der Waals surface area contributed by atoms with Gasteiger partial charge in [0.1, 0.15) is 5.78 Å². The minimum atomic E-state index is -1.20. The summed E-state index contributed by atoms with van der Waals surface area (Å²) in [5.41, 5.74) is -0.615. The molecule has 0 aliphatic carbocycles. The molecule has 0 radical (unpaired) electrons. The molecule has 0 aromatic carbocycles. The van der Waals surface area contributed by atoms with Gasteiger partial charge in [-0.3, -0.25) is 9.59 Å². The normalized spacial score (nSPS) is 38.9. The highest BCUT2D eigenvalue weighted by atomic mass is 16.7. The molecule has 2 bridgehead atoms. The summed E-state index contributed by atoms with van der Waals surface area (Å²) < 4.78 is 11.3. The van der Waals surface area contributed by atoms with Crippen LogP contribution in [0, 0.1) is 17.3 Å². The lowest BCUT2D eigenvalue weighted by Crippen LogP contribution is -2.53. The van der Waals surface area contributed by atoms with Gasteiger partial charge in [0.15, 0.2) is 0 Å². The van der Waals surface area contributed by atoms with Crippen LogP contribution >= 0.6 is 0 Å². The SMILES string of the molecule is C[C@@H]1C(=O)[C@H](C)[C@@H]2C=C[C@@]1(OC(=O)C(C)(C)C)O2. The molecule has 0 spiro atoms. The number of hydrogen-bond donors (Lipinski definition) is 0. The summed E-state index contributed by atoms with van der Waals surface area (Å²) in [4.78, 5) is 24.1. The van der Waals surface area contributed by atoms with Gasteiger partial charge in [0.2, 0.25) is 5.79 Å². The zero-order chi connectivity index (χ0) is 13.7. The van der Waals surface area contributed by atoms with Crippen LogP contribution < -0.4 is 0 Å². The molecule has 4 atom stereocenters. The van der Waals surface area contributed by atoms with E-state index < -0.39 is 17.1 Å². The van der Waals surface area contributed by atoms with Crippen LogP contribution in [0.15, 0.2) is 12.2 Å². The molecule has 100 valence electrons. The summed E-state index contributed by atoms with van der Waals surface area (Å²) in [5, 5.41) is 0. The molecule has 0 aromatic heterocycles. The van der Waals surface area contributed by atoms with E-state index in [1.54, 1.807) is 33.8 Å². The lowest BCUT2D eigenvalue weighted by atomic mass is 9.85. The molecule has 0 N–H and O–H groups in total. The highest BCUT2D eigenvalue weighted by Crippen LogP contribution is 2.42. The van der Waals surface area contributed by atoms with Crippen molar-refractivity contribution in [2.45, 2.75) is 46.5 Å². The maximum Gasteiger partial charge on any atom is 0.313 e. The fourth-order valence-electron chi connectivity index (χ4n) is 2.23. The smallest absolute Gasteiger partial charge is 0.313 e. The first-order valence-electron chi connectivity index (χ1n) is 6.32. The summed E-state index contributed by atoms with van der Waals surface area (Å²) in [6.07, 6.45) is 3.26. The molecular formula is C14H20O4. The highest BCUT2D eigenvalue weighted by molar-refractivity contribution is 5.87. The Kier molecular flexibility index (Phi) is 2.89. The zero-order valence-corrected chi connectivity index (χ0v) is 11.5. The van der Waals surface area contributed by atoms with Gasteiger partial charge in [-0.05, 0) is 33.8 Å². The van der Waals surface area contributed by atoms with Gasteiger partial charge in [-0.25, -0.2) is 0 Å². The third-order valence-corrected chi connectivity index (χ3v) is 3.67. The van der Waals surface area contributed by atoms with E-state index in [4.69, 9.17) is 9.47 Å². The van der Waals surface area contributed by atoms with Crippen LogP contribution in [0.25, 0.3) is 0 Å². The fourth-order valence-corrected chi connectivity index (χ4v) is 2.23.